The number of halogens is 1. The number of aryl methyl sites for hydroxylation is 1. The Labute approximate surface area is 155 Å². The van der Waals surface area contributed by atoms with E-state index in [1.165, 1.54) is 5.56 Å². The highest BCUT2D eigenvalue weighted by Crippen LogP contribution is 2.21. The summed E-state index contributed by atoms with van der Waals surface area (Å²) in [5.74, 6) is -0.127. The average Bonchev–Trinajstić information content (AvgIpc) is 2.93. The van der Waals surface area contributed by atoms with E-state index in [2.05, 4.69) is 29.7 Å². The lowest BCUT2D eigenvalue weighted by Gasteiger charge is -2.31. The Kier molecular flexibility index (Phi) is 6.85. The summed E-state index contributed by atoms with van der Waals surface area (Å²) in [4.78, 5) is 26.6. The van der Waals surface area contributed by atoms with Gasteiger partial charge in [-0.3, -0.25) is 9.59 Å². The van der Waals surface area contributed by atoms with Crippen molar-refractivity contribution in [2.75, 3.05) is 13.1 Å². The molecule has 0 aromatic heterocycles. The Bertz CT molecular complexity index is 605. The molecule has 0 bridgehead atoms. The van der Waals surface area contributed by atoms with Crippen LogP contribution in [0.4, 0.5) is 0 Å². The van der Waals surface area contributed by atoms with Crippen LogP contribution in [0.2, 0.25) is 0 Å². The van der Waals surface area contributed by atoms with Gasteiger partial charge in [-0.2, -0.15) is 0 Å². The number of hydrogen-bond donors (Lipinski definition) is 2. The highest BCUT2D eigenvalue weighted by atomic mass is 35.5. The summed E-state index contributed by atoms with van der Waals surface area (Å²) in [6.07, 6.45) is 2.41. The number of nitrogens with zero attached hydrogens (tertiary/aromatic N) is 1. The summed E-state index contributed by atoms with van der Waals surface area (Å²) in [5, 5.41) is 6.53. The van der Waals surface area contributed by atoms with Crippen molar-refractivity contribution >= 4 is 24.2 Å². The lowest BCUT2D eigenvalue weighted by molar-refractivity contribution is -0.129. The number of carbonyl (C=O) groups is 2. The number of hydrogen-bond acceptors (Lipinski definition) is 3. The van der Waals surface area contributed by atoms with E-state index in [0.717, 1.165) is 24.9 Å². The first-order valence-corrected chi connectivity index (χ1v) is 8.90. The highest BCUT2D eigenvalue weighted by Gasteiger charge is 2.35. The average molecular weight is 366 g/mol. The van der Waals surface area contributed by atoms with E-state index >= 15 is 0 Å². The lowest BCUT2D eigenvalue weighted by atomic mass is 9.98. The zero-order valence-electron chi connectivity index (χ0n) is 15.0. The number of carbonyl (C=O) groups excluding carboxylic acids is 2. The van der Waals surface area contributed by atoms with Gasteiger partial charge in [0.15, 0.2) is 0 Å². The first-order valence-electron chi connectivity index (χ1n) is 8.90. The number of nitrogens with one attached hydrogen (secondary N) is 2. The fraction of sp³-hybridized carbons (Fsp3) is 0.579. The van der Waals surface area contributed by atoms with Crippen LogP contribution in [0.15, 0.2) is 24.3 Å². The lowest BCUT2D eigenvalue weighted by Crippen LogP contribution is -2.53. The Morgan fingerprint density at radius 2 is 2.04 bits per heavy atom. The highest BCUT2D eigenvalue weighted by molar-refractivity contribution is 5.89. The Hall–Kier alpha value is -1.59. The molecule has 0 spiro atoms. The molecule has 0 radical (unpaired) electrons. The maximum absolute atomic E-state index is 12.5. The van der Waals surface area contributed by atoms with Crippen LogP contribution in [0.3, 0.4) is 0 Å². The first kappa shape index (κ1) is 19.7. The molecule has 2 N–H and O–H groups in total. The molecule has 2 aliphatic rings. The third-order valence-electron chi connectivity index (χ3n) is 5.17. The maximum atomic E-state index is 12.5. The Morgan fingerprint density at radius 1 is 1.32 bits per heavy atom. The van der Waals surface area contributed by atoms with Gasteiger partial charge >= 0.3 is 0 Å². The molecule has 25 heavy (non-hydrogen) atoms. The van der Waals surface area contributed by atoms with Gasteiger partial charge < -0.3 is 15.5 Å². The first-order chi connectivity index (χ1) is 11.5. The van der Waals surface area contributed by atoms with Crippen molar-refractivity contribution in [1.82, 2.24) is 15.5 Å². The van der Waals surface area contributed by atoms with E-state index in [1.54, 1.807) is 4.90 Å². The number of likely N-dealkylation sites (tertiary alicyclic amines) is 1. The number of amides is 2. The van der Waals surface area contributed by atoms with Crippen LogP contribution in [-0.4, -0.2) is 41.9 Å². The molecule has 5 nitrogen and oxygen atoms in total. The Morgan fingerprint density at radius 3 is 2.72 bits per heavy atom. The quantitative estimate of drug-likeness (QED) is 0.858. The second-order valence-corrected chi connectivity index (χ2v) is 7.16. The number of piperidine rings is 1. The summed E-state index contributed by atoms with van der Waals surface area (Å²) in [5.41, 5.74) is 2.32. The van der Waals surface area contributed by atoms with E-state index in [9.17, 15) is 9.59 Å². The van der Waals surface area contributed by atoms with Gasteiger partial charge in [0.2, 0.25) is 11.8 Å². The van der Waals surface area contributed by atoms with E-state index in [4.69, 9.17) is 0 Å². The smallest absolute Gasteiger partial charge is 0.225 e. The van der Waals surface area contributed by atoms with Gasteiger partial charge in [-0.25, -0.2) is 0 Å². The van der Waals surface area contributed by atoms with Gasteiger partial charge in [-0.1, -0.05) is 29.8 Å². The molecular formula is C19H28ClN3O2. The molecule has 2 heterocycles. The molecule has 2 aliphatic heterocycles. The van der Waals surface area contributed by atoms with Crippen LogP contribution in [0.5, 0.6) is 0 Å². The van der Waals surface area contributed by atoms with Crippen molar-refractivity contribution in [3.8, 4) is 0 Å². The minimum absolute atomic E-state index is 0. The van der Waals surface area contributed by atoms with E-state index in [1.807, 2.05) is 19.1 Å². The van der Waals surface area contributed by atoms with Crippen LogP contribution in [-0.2, 0) is 16.1 Å². The molecule has 1 aromatic rings. The molecule has 6 heteroatoms. The molecule has 0 aliphatic carbocycles. The van der Waals surface area contributed by atoms with Crippen molar-refractivity contribution < 1.29 is 9.59 Å². The van der Waals surface area contributed by atoms with Crippen LogP contribution in [0, 0.1) is 12.8 Å². The monoisotopic (exact) mass is 365 g/mol. The minimum Gasteiger partial charge on any atom is -0.352 e. The number of benzene rings is 1. The van der Waals surface area contributed by atoms with E-state index in [0.29, 0.717) is 25.6 Å². The van der Waals surface area contributed by atoms with Crippen molar-refractivity contribution in [1.29, 1.82) is 0 Å². The molecule has 2 saturated heterocycles. The predicted molar refractivity (Wildman–Crippen MR) is 101 cm³/mol. The molecule has 2 amide bonds. The summed E-state index contributed by atoms with van der Waals surface area (Å²) >= 11 is 0. The van der Waals surface area contributed by atoms with Gasteiger partial charge in [0.1, 0.15) is 0 Å². The zero-order valence-corrected chi connectivity index (χ0v) is 15.8. The molecular weight excluding hydrogens is 338 g/mol. The van der Waals surface area contributed by atoms with Crippen LogP contribution in [0.25, 0.3) is 0 Å². The Balaban J connectivity index is 0.00000225. The van der Waals surface area contributed by atoms with Crippen LogP contribution in [0.1, 0.15) is 37.3 Å². The molecule has 138 valence electrons. The summed E-state index contributed by atoms with van der Waals surface area (Å²) < 4.78 is 0. The largest absolute Gasteiger partial charge is 0.352 e. The van der Waals surface area contributed by atoms with Gasteiger partial charge in [-0.05, 0) is 38.8 Å². The normalized spacial score (nSPS) is 26.2. The fourth-order valence-electron chi connectivity index (χ4n) is 3.56. The molecule has 3 unspecified atom stereocenters. The molecule has 2 fully saturated rings. The van der Waals surface area contributed by atoms with Gasteiger partial charge in [0.25, 0.3) is 0 Å². The SMILES string of the molecule is Cc1ccc(CN2CC(C(=O)NC3CCCNC3C)CC2=O)cc1.Cl. The summed E-state index contributed by atoms with van der Waals surface area (Å²) in [6, 6.07) is 8.67. The molecule has 0 saturated carbocycles. The molecule has 3 rings (SSSR count). The zero-order chi connectivity index (χ0) is 17.1. The topological polar surface area (TPSA) is 61.4 Å². The van der Waals surface area contributed by atoms with E-state index in [-0.39, 0.29) is 36.2 Å². The van der Waals surface area contributed by atoms with Gasteiger partial charge in [0.05, 0.1) is 5.92 Å². The summed E-state index contributed by atoms with van der Waals surface area (Å²) in [7, 11) is 0. The second kappa shape index (κ2) is 8.68. The molecule has 1 aromatic carbocycles. The maximum Gasteiger partial charge on any atom is 0.225 e. The van der Waals surface area contributed by atoms with Crippen molar-refractivity contribution in [2.24, 2.45) is 5.92 Å². The minimum atomic E-state index is -0.225. The standard InChI is InChI=1S/C19H27N3O2.ClH/c1-13-5-7-15(8-6-13)11-22-12-16(10-18(22)23)19(24)21-17-4-3-9-20-14(17)2;/h5-8,14,16-17,20H,3-4,9-12H2,1-2H3,(H,21,24);1H. The van der Waals surface area contributed by atoms with Crippen molar-refractivity contribution in [2.45, 2.75) is 51.7 Å². The van der Waals surface area contributed by atoms with Gasteiger partial charge in [-0.15, -0.1) is 12.4 Å². The fourth-order valence-corrected chi connectivity index (χ4v) is 3.56. The second-order valence-electron chi connectivity index (χ2n) is 7.16. The van der Waals surface area contributed by atoms with Crippen molar-refractivity contribution in [3.05, 3.63) is 35.4 Å². The third-order valence-corrected chi connectivity index (χ3v) is 5.17. The summed E-state index contributed by atoms with van der Waals surface area (Å²) in [6.45, 7) is 6.27. The van der Waals surface area contributed by atoms with E-state index < -0.39 is 0 Å². The van der Waals surface area contributed by atoms with Crippen molar-refractivity contribution in [3.63, 3.8) is 0 Å². The molecule has 3 atom stereocenters. The third kappa shape index (κ3) is 4.95. The number of rotatable bonds is 4. The van der Waals surface area contributed by atoms with Gasteiger partial charge in [0, 0.05) is 31.6 Å². The van der Waals surface area contributed by atoms with Crippen LogP contribution < -0.4 is 10.6 Å². The van der Waals surface area contributed by atoms with Crippen LogP contribution >= 0.6 is 12.4 Å². The predicted octanol–water partition coefficient (Wildman–Crippen LogP) is 2.02.